The van der Waals surface area contributed by atoms with E-state index in [1.165, 1.54) is 21.6 Å². The van der Waals surface area contributed by atoms with E-state index in [9.17, 15) is 62.3 Å². The molecule has 2 heterocycles. The highest BCUT2D eigenvalue weighted by Gasteiger charge is 2.42. The fraction of sp³-hybridized carbons (Fsp3) is 0.587. The van der Waals surface area contributed by atoms with Crippen LogP contribution in [-0.4, -0.2) is 198 Å². The van der Waals surface area contributed by atoms with Crippen molar-refractivity contribution in [2.24, 2.45) is 51.0 Å². The van der Waals surface area contributed by atoms with Crippen LogP contribution in [-0.2, 0) is 75.2 Å². The van der Waals surface area contributed by atoms with Crippen LogP contribution in [0.1, 0.15) is 121 Å². The Labute approximate surface area is 558 Å². The average Bonchev–Trinajstić information content (AvgIpc) is 1.74. The lowest BCUT2D eigenvalue weighted by molar-refractivity contribution is -0.144. The number of likely N-dealkylation sites (tertiary alicyclic amines) is 2. The van der Waals surface area contributed by atoms with Crippen molar-refractivity contribution in [2.45, 2.75) is 183 Å². The molecule has 22 N–H and O–H groups in total. The maximum atomic E-state index is 14.7. The van der Waals surface area contributed by atoms with Crippen LogP contribution in [0.5, 0.6) is 0 Å². The molecule has 2 aliphatic heterocycles. The second-order valence-electron chi connectivity index (χ2n) is 24.1. The van der Waals surface area contributed by atoms with Crippen molar-refractivity contribution in [3.63, 3.8) is 0 Å². The van der Waals surface area contributed by atoms with Gasteiger partial charge in [-0.2, -0.15) is 11.8 Å². The molecule has 0 aromatic heterocycles. The smallest absolute Gasteiger partial charge is 0.245 e. The van der Waals surface area contributed by atoms with Crippen LogP contribution < -0.4 is 82.7 Å². The molecule has 2 aromatic rings. The van der Waals surface area contributed by atoms with Crippen molar-refractivity contribution in [1.29, 1.82) is 0 Å². The van der Waals surface area contributed by atoms with E-state index in [4.69, 9.17) is 40.1 Å². The Balaban J connectivity index is 1.56. The largest absolute Gasteiger partial charge is 0.370 e. The lowest BCUT2D eigenvalue weighted by Gasteiger charge is -2.32. The molecule has 32 heteroatoms. The molecule has 2 saturated heterocycles. The maximum absolute atomic E-state index is 14.7. The zero-order valence-corrected chi connectivity index (χ0v) is 55.3. The molecule has 0 saturated carbocycles. The molecular formula is C63H98N18O13S. The number of primary amides is 3. The minimum atomic E-state index is -1.64. The highest BCUT2D eigenvalue weighted by atomic mass is 32.2. The Morgan fingerprint density at radius 3 is 1.51 bits per heavy atom. The van der Waals surface area contributed by atoms with Crippen molar-refractivity contribution in [3.05, 3.63) is 71.8 Å². The number of thioether (sulfide) groups is 1. The van der Waals surface area contributed by atoms with Crippen LogP contribution in [0.3, 0.4) is 0 Å². The van der Waals surface area contributed by atoms with E-state index in [1.54, 1.807) is 60.7 Å². The summed E-state index contributed by atoms with van der Waals surface area (Å²) in [7, 11) is 0. The average molecular weight is 1350 g/mol. The van der Waals surface area contributed by atoms with Gasteiger partial charge in [0.2, 0.25) is 76.8 Å². The van der Waals surface area contributed by atoms with Crippen LogP contribution in [0.15, 0.2) is 65.7 Å². The third-order valence-electron chi connectivity index (χ3n) is 16.0. The molecule has 10 atom stereocenters. The third-order valence-corrected chi connectivity index (χ3v) is 16.7. The first-order valence-corrected chi connectivity index (χ1v) is 33.6. The summed E-state index contributed by atoms with van der Waals surface area (Å²) in [5, 5.41) is 21.1. The molecule has 4 rings (SSSR count). The van der Waals surface area contributed by atoms with Crippen molar-refractivity contribution in [1.82, 2.24) is 52.3 Å². The number of nitrogens with one attached hydrogen (secondary N) is 8. The summed E-state index contributed by atoms with van der Waals surface area (Å²) in [6.07, 6.45) is 3.12. The first kappa shape index (κ1) is 78.5. The summed E-state index contributed by atoms with van der Waals surface area (Å²) >= 11 is 1.45. The second-order valence-corrected chi connectivity index (χ2v) is 25.1. The van der Waals surface area contributed by atoms with E-state index in [0.717, 1.165) is 0 Å². The van der Waals surface area contributed by atoms with Gasteiger partial charge in [-0.1, -0.05) is 74.5 Å². The van der Waals surface area contributed by atoms with Gasteiger partial charge in [-0.25, -0.2) is 0 Å². The molecule has 2 fully saturated rings. The lowest BCUT2D eigenvalue weighted by Crippen LogP contribution is -2.60. The van der Waals surface area contributed by atoms with Crippen LogP contribution in [0.2, 0.25) is 0 Å². The van der Waals surface area contributed by atoms with Crippen molar-refractivity contribution in [3.8, 4) is 0 Å². The minimum absolute atomic E-state index is 0.0736. The Bertz CT molecular complexity index is 2960. The van der Waals surface area contributed by atoms with E-state index in [2.05, 4.69) is 47.5 Å². The number of amides is 13. The number of aliphatic imine (C=N–C) groups is 1. The molecule has 13 amide bonds. The lowest BCUT2D eigenvalue weighted by atomic mass is 10.0. The minimum Gasteiger partial charge on any atom is -0.370 e. The summed E-state index contributed by atoms with van der Waals surface area (Å²) in [6.45, 7) is 3.86. The number of nitrogens with zero attached hydrogens (tertiary/aromatic N) is 3. The number of unbranched alkanes of at least 4 members (excludes halogenated alkanes) is 1. The van der Waals surface area contributed by atoms with Crippen molar-refractivity contribution >= 4 is 94.5 Å². The quantitative estimate of drug-likeness (QED) is 0.0173. The summed E-state index contributed by atoms with van der Waals surface area (Å²) in [6, 6.07) is 4.51. The topological polar surface area (TPSA) is 519 Å². The molecule has 0 aliphatic carbocycles. The summed E-state index contributed by atoms with van der Waals surface area (Å²) in [5.74, 6) is -9.80. The first-order chi connectivity index (χ1) is 45.2. The zero-order valence-electron chi connectivity index (χ0n) is 54.5. The van der Waals surface area contributed by atoms with Gasteiger partial charge in [0.05, 0.1) is 12.6 Å². The molecule has 95 heavy (non-hydrogen) atoms. The molecule has 2 aromatic carbocycles. The molecular weight excluding hydrogens is 1250 g/mol. The van der Waals surface area contributed by atoms with E-state index in [1.807, 2.05) is 20.1 Å². The Kier molecular flexibility index (Phi) is 33.9. The van der Waals surface area contributed by atoms with Gasteiger partial charge in [-0.15, -0.1) is 0 Å². The Hall–Kier alpha value is -8.91. The third kappa shape index (κ3) is 27.5. The Morgan fingerprint density at radius 1 is 0.537 bits per heavy atom. The standard InChI is InChI=1S/C63H98N18O13S/c1-37(2)33-45(57(89)74-41(53(68)85)27-32-95-3)73-52(84)36-72-54(86)46(34-38-15-6-4-7-16-38)78-58(90)47(35-39-17-8-5-9-18-39)79-56(88)42(23-25-50(66)82)75-55(87)43(24-26-51(67)83)76-59(91)49-22-14-31-81(49)62(94)44(20-10-11-28-64)77-60(92)48-21-13-30-80(48)61(93)40(65)19-12-29-71-63(69)70/h4-9,15-18,37,40-49H,10-14,19-36,64-65H2,1-3H3,(H2,66,82)(H2,67,83)(H2,68,85)(H,72,86)(H,73,84)(H,74,89)(H,75,87)(H,76,91)(H,77,92)(H,78,90)(H,79,88)(H4,69,70,71)/t40-,41+,42+,43+,44-,45-,46+,47-,48+,49+/m1/s1. The summed E-state index contributed by atoms with van der Waals surface area (Å²) in [5.41, 5.74) is 40.6. The van der Waals surface area contributed by atoms with Gasteiger partial charge in [0.1, 0.15) is 54.4 Å². The van der Waals surface area contributed by atoms with Gasteiger partial charge < -0.3 is 92.5 Å². The van der Waals surface area contributed by atoms with Crippen LogP contribution in [0.4, 0.5) is 0 Å². The van der Waals surface area contributed by atoms with Gasteiger partial charge in [-0.3, -0.25) is 67.3 Å². The van der Waals surface area contributed by atoms with Crippen LogP contribution in [0, 0.1) is 5.92 Å². The number of carbonyl (C=O) groups is 13. The molecule has 0 spiro atoms. The normalized spacial score (nSPS) is 16.8. The number of nitrogens with two attached hydrogens (primary N) is 7. The highest BCUT2D eigenvalue weighted by molar-refractivity contribution is 7.98. The van der Waals surface area contributed by atoms with E-state index in [-0.39, 0.29) is 83.0 Å². The van der Waals surface area contributed by atoms with Crippen LogP contribution in [0.25, 0.3) is 0 Å². The number of hydrogen-bond acceptors (Lipinski definition) is 17. The van der Waals surface area contributed by atoms with Gasteiger partial charge in [0, 0.05) is 45.3 Å². The first-order valence-electron chi connectivity index (χ1n) is 32.2. The SMILES string of the molecule is CSCC[C@H](NC(=O)[C@@H](CC(C)C)NC(=O)CNC(=O)[C@H](Cc1ccccc1)NC(=O)[C@@H](Cc1ccccc1)NC(=O)[C@H](CCC(N)=O)NC(=O)[C@H](CCC(N)=O)NC(=O)[C@@H]1CCCN1C(=O)[C@@H](CCCCN)NC(=O)[C@@H]1CCCN1C(=O)[C@H](N)CCCN=C(N)N)C(N)=O. The number of carbonyl (C=O) groups excluding carboxylic acids is 13. The monoisotopic (exact) mass is 1350 g/mol. The van der Waals surface area contributed by atoms with E-state index < -0.39 is 169 Å². The molecule has 2 aliphatic rings. The summed E-state index contributed by atoms with van der Waals surface area (Å²) < 4.78 is 0. The molecule has 0 bridgehead atoms. The van der Waals surface area contributed by atoms with Gasteiger partial charge >= 0.3 is 0 Å². The van der Waals surface area contributed by atoms with Crippen molar-refractivity contribution in [2.75, 3.05) is 44.7 Å². The number of benzene rings is 2. The number of guanidine groups is 1. The predicted octanol–water partition coefficient (Wildman–Crippen LogP) is -3.71. The second kappa shape index (κ2) is 41.0. The van der Waals surface area contributed by atoms with Crippen LogP contribution >= 0.6 is 11.8 Å². The fourth-order valence-corrected chi connectivity index (χ4v) is 11.5. The van der Waals surface area contributed by atoms with E-state index >= 15 is 0 Å². The number of rotatable bonds is 42. The predicted molar refractivity (Wildman–Crippen MR) is 356 cm³/mol. The van der Waals surface area contributed by atoms with Gasteiger partial charge in [-0.05, 0) is 119 Å². The van der Waals surface area contributed by atoms with Crippen molar-refractivity contribution < 1.29 is 62.3 Å². The number of hydrogen-bond donors (Lipinski definition) is 15. The molecule has 0 unspecified atom stereocenters. The Morgan fingerprint density at radius 2 is 1.01 bits per heavy atom. The van der Waals surface area contributed by atoms with E-state index in [0.29, 0.717) is 55.4 Å². The highest BCUT2D eigenvalue weighted by Crippen LogP contribution is 2.24. The molecule has 0 radical (unpaired) electrons. The maximum Gasteiger partial charge on any atom is 0.245 e. The molecule has 31 nitrogen and oxygen atoms in total. The zero-order chi connectivity index (χ0) is 70.1. The summed E-state index contributed by atoms with van der Waals surface area (Å²) in [4.78, 5) is 185. The molecule has 524 valence electrons. The van der Waals surface area contributed by atoms with Gasteiger partial charge in [0.15, 0.2) is 5.96 Å². The fourth-order valence-electron chi connectivity index (χ4n) is 11.0. The van der Waals surface area contributed by atoms with Gasteiger partial charge in [0.25, 0.3) is 0 Å².